The molecule has 0 saturated heterocycles. The Morgan fingerprint density at radius 3 is 3.00 bits per heavy atom. The molecular weight excluding hydrogens is 182 g/mol. The molecule has 1 aromatic carbocycles. The highest BCUT2D eigenvalue weighted by Crippen LogP contribution is 2.17. The highest BCUT2D eigenvalue weighted by atomic mass is 16.5. The van der Waals surface area contributed by atoms with E-state index in [4.69, 9.17) is 4.74 Å². The van der Waals surface area contributed by atoms with Gasteiger partial charge in [-0.15, -0.1) is 0 Å². The van der Waals surface area contributed by atoms with E-state index < -0.39 is 0 Å². The fraction of sp³-hybridized carbons (Fsp3) is 0.222. The third-order valence-corrected chi connectivity index (χ3v) is 1.81. The molecule has 2 rings (SSSR count). The largest absolute Gasteiger partial charge is 0.426 e. The number of H-pyrrole nitrogens is 1. The molecule has 2 aromatic rings. The second kappa shape index (κ2) is 3.45. The number of fused-ring (bicyclic) bond motifs is 1. The van der Waals surface area contributed by atoms with Crippen molar-refractivity contribution in [2.24, 2.45) is 0 Å². The average molecular weight is 191 g/mol. The zero-order valence-corrected chi connectivity index (χ0v) is 7.65. The second-order valence-electron chi connectivity index (χ2n) is 2.80. The lowest BCUT2D eigenvalue weighted by Crippen LogP contribution is -2.05. The first-order chi connectivity index (χ1) is 6.79. The highest BCUT2D eigenvalue weighted by Gasteiger charge is 2.04. The Morgan fingerprint density at radius 2 is 2.21 bits per heavy atom. The lowest BCUT2D eigenvalue weighted by molar-refractivity contribution is -0.134. The van der Waals surface area contributed by atoms with E-state index in [2.05, 4.69) is 15.4 Å². The summed E-state index contributed by atoms with van der Waals surface area (Å²) in [4.78, 5) is 11.0. The minimum Gasteiger partial charge on any atom is -0.426 e. The van der Waals surface area contributed by atoms with E-state index in [0.717, 1.165) is 5.52 Å². The number of carbonyl (C=O) groups is 1. The molecule has 0 aliphatic heterocycles. The van der Waals surface area contributed by atoms with Crippen LogP contribution in [0.5, 0.6) is 5.75 Å². The van der Waals surface area contributed by atoms with Crippen LogP contribution in [0.2, 0.25) is 0 Å². The summed E-state index contributed by atoms with van der Waals surface area (Å²) in [6, 6.07) is 5.11. The van der Waals surface area contributed by atoms with Gasteiger partial charge < -0.3 is 4.74 Å². The highest BCUT2D eigenvalue weighted by molar-refractivity contribution is 5.77. The maximum Gasteiger partial charge on any atom is 0.310 e. The Labute approximate surface area is 80.1 Å². The quantitative estimate of drug-likeness (QED) is 0.573. The maximum atomic E-state index is 11.0. The summed E-state index contributed by atoms with van der Waals surface area (Å²) in [5.74, 6) is 0.242. The Kier molecular flexibility index (Phi) is 2.14. The van der Waals surface area contributed by atoms with Gasteiger partial charge in [0.2, 0.25) is 0 Å². The number of nitrogens with zero attached hydrogens (tertiary/aromatic N) is 2. The topological polar surface area (TPSA) is 67.9 Å². The van der Waals surface area contributed by atoms with Crippen LogP contribution in [-0.2, 0) is 4.79 Å². The molecule has 1 N–H and O–H groups in total. The molecule has 0 aliphatic carbocycles. The van der Waals surface area contributed by atoms with Gasteiger partial charge in [-0.1, -0.05) is 6.92 Å². The summed E-state index contributed by atoms with van der Waals surface area (Å²) in [7, 11) is 0. The number of hydrogen-bond acceptors (Lipinski definition) is 4. The fourth-order valence-corrected chi connectivity index (χ4v) is 1.09. The van der Waals surface area contributed by atoms with Gasteiger partial charge in [0.1, 0.15) is 16.8 Å². The molecule has 72 valence electrons. The van der Waals surface area contributed by atoms with Crippen molar-refractivity contribution < 1.29 is 9.53 Å². The molecule has 0 atom stereocenters. The van der Waals surface area contributed by atoms with Crippen LogP contribution in [-0.4, -0.2) is 21.4 Å². The molecule has 5 nitrogen and oxygen atoms in total. The molecule has 0 fully saturated rings. The molecule has 14 heavy (non-hydrogen) atoms. The molecule has 5 heteroatoms. The number of ether oxygens (including phenoxy) is 1. The molecule has 1 heterocycles. The molecule has 0 saturated carbocycles. The van der Waals surface area contributed by atoms with E-state index in [9.17, 15) is 4.79 Å². The van der Waals surface area contributed by atoms with Gasteiger partial charge in [0.05, 0.1) is 0 Å². The summed E-state index contributed by atoms with van der Waals surface area (Å²) < 4.78 is 5.02. The minimum absolute atomic E-state index is 0.257. The first kappa shape index (κ1) is 8.68. The van der Waals surface area contributed by atoms with Gasteiger partial charge in [0.15, 0.2) is 0 Å². The van der Waals surface area contributed by atoms with Crippen LogP contribution in [0.25, 0.3) is 11.0 Å². The monoisotopic (exact) mass is 191 g/mol. The van der Waals surface area contributed by atoms with Gasteiger partial charge in [-0.3, -0.25) is 4.79 Å². The van der Waals surface area contributed by atoms with Crippen molar-refractivity contribution in [2.45, 2.75) is 13.3 Å². The van der Waals surface area contributed by atoms with Crippen LogP contribution in [0.4, 0.5) is 0 Å². The Hall–Kier alpha value is -1.91. The smallest absolute Gasteiger partial charge is 0.310 e. The van der Waals surface area contributed by atoms with Crippen molar-refractivity contribution in [3.63, 3.8) is 0 Å². The number of aromatic nitrogens is 3. The molecule has 0 radical (unpaired) electrons. The summed E-state index contributed by atoms with van der Waals surface area (Å²) in [6.45, 7) is 1.75. The first-order valence-electron chi connectivity index (χ1n) is 4.31. The number of hydrogen-bond donors (Lipinski definition) is 1. The summed E-state index contributed by atoms with van der Waals surface area (Å²) >= 11 is 0. The van der Waals surface area contributed by atoms with Gasteiger partial charge in [-0.25, -0.2) is 0 Å². The number of rotatable bonds is 2. The lowest BCUT2D eigenvalue weighted by Gasteiger charge is -2.00. The average Bonchev–Trinajstić information content (AvgIpc) is 2.64. The number of carbonyl (C=O) groups excluding carboxylic acids is 1. The van der Waals surface area contributed by atoms with Gasteiger partial charge in [-0.2, -0.15) is 15.4 Å². The van der Waals surface area contributed by atoms with Crippen molar-refractivity contribution in [3.05, 3.63) is 18.2 Å². The molecule has 0 bridgehead atoms. The maximum absolute atomic E-state index is 11.0. The van der Waals surface area contributed by atoms with Crippen molar-refractivity contribution in [1.82, 2.24) is 15.4 Å². The van der Waals surface area contributed by atoms with Gasteiger partial charge in [-0.05, 0) is 12.1 Å². The fourth-order valence-electron chi connectivity index (χ4n) is 1.09. The van der Waals surface area contributed by atoms with E-state index >= 15 is 0 Å². The zero-order chi connectivity index (χ0) is 9.97. The Balaban J connectivity index is 2.30. The minimum atomic E-state index is -0.257. The summed E-state index contributed by atoms with van der Waals surface area (Å²) in [5.41, 5.74) is 1.44. The first-order valence-corrected chi connectivity index (χ1v) is 4.31. The normalized spacial score (nSPS) is 10.4. The molecule has 0 spiro atoms. The SMILES string of the molecule is CCC(=O)Oc1ccc2n[nH]nc2c1. The Bertz CT molecular complexity index is 464. The van der Waals surface area contributed by atoms with Crippen molar-refractivity contribution in [2.75, 3.05) is 0 Å². The summed E-state index contributed by atoms with van der Waals surface area (Å²) in [5, 5.41) is 10.3. The van der Waals surface area contributed by atoms with Crippen LogP contribution in [0.1, 0.15) is 13.3 Å². The third-order valence-electron chi connectivity index (χ3n) is 1.81. The molecule has 0 aliphatic rings. The molecule has 0 unspecified atom stereocenters. The number of benzene rings is 1. The van der Waals surface area contributed by atoms with E-state index in [-0.39, 0.29) is 5.97 Å². The van der Waals surface area contributed by atoms with Crippen LogP contribution in [0.15, 0.2) is 18.2 Å². The van der Waals surface area contributed by atoms with E-state index in [0.29, 0.717) is 17.7 Å². The third kappa shape index (κ3) is 1.56. The number of esters is 1. The second-order valence-corrected chi connectivity index (χ2v) is 2.80. The van der Waals surface area contributed by atoms with Crippen molar-refractivity contribution in [3.8, 4) is 5.75 Å². The van der Waals surface area contributed by atoms with Crippen molar-refractivity contribution in [1.29, 1.82) is 0 Å². The standard InChI is InChI=1S/C9H9N3O2/c1-2-9(13)14-6-3-4-7-8(5-6)11-12-10-7/h3-5H,2H2,1H3,(H,10,11,12). The zero-order valence-electron chi connectivity index (χ0n) is 7.65. The summed E-state index contributed by atoms with van der Waals surface area (Å²) in [6.07, 6.45) is 0.358. The van der Waals surface area contributed by atoms with E-state index in [1.165, 1.54) is 0 Å². The predicted molar refractivity (Wildman–Crippen MR) is 49.8 cm³/mol. The van der Waals surface area contributed by atoms with Crippen LogP contribution >= 0.6 is 0 Å². The van der Waals surface area contributed by atoms with Gasteiger partial charge in [0.25, 0.3) is 0 Å². The van der Waals surface area contributed by atoms with Crippen LogP contribution < -0.4 is 4.74 Å². The number of aromatic amines is 1. The van der Waals surface area contributed by atoms with Crippen molar-refractivity contribution >= 4 is 17.0 Å². The molecular formula is C9H9N3O2. The van der Waals surface area contributed by atoms with E-state index in [1.54, 1.807) is 25.1 Å². The predicted octanol–water partition coefficient (Wildman–Crippen LogP) is 1.27. The van der Waals surface area contributed by atoms with Gasteiger partial charge >= 0.3 is 5.97 Å². The van der Waals surface area contributed by atoms with Crippen LogP contribution in [0.3, 0.4) is 0 Å². The number of nitrogens with one attached hydrogen (secondary N) is 1. The van der Waals surface area contributed by atoms with Gasteiger partial charge in [0, 0.05) is 12.5 Å². The van der Waals surface area contributed by atoms with Crippen LogP contribution in [0, 0.1) is 0 Å². The Morgan fingerprint density at radius 1 is 1.43 bits per heavy atom. The van der Waals surface area contributed by atoms with E-state index in [1.807, 2.05) is 0 Å². The lowest BCUT2D eigenvalue weighted by atomic mass is 10.3. The molecule has 0 amide bonds. The molecule has 1 aromatic heterocycles.